The van der Waals surface area contributed by atoms with E-state index in [9.17, 15) is 9.18 Å². The zero-order chi connectivity index (χ0) is 18.3. The van der Waals surface area contributed by atoms with Crippen molar-refractivity contribution in [3.05, 3.63) is 76.7 Å². The maximum atomic E-state index is 13.3. The maximum absolute atomic E-state index is 13.3. The fourth-order valence-corrected chi connectivity index (χ4v) is 4.42. The van der Waals surface area contributed by atoms with Crippen molar-refractivity contribution in [3.8, 4) is 5.69 Å². The summed E-state index contributed by atoms with van der Waals surface area (Å²) in [5.74, 6) is 0.699. The Kier molecular flexibility index (Phi) is 4.28. The van der Waals surface area contributed by atoms with E-state index < -0.39 is 0 Å². The average molecular weight is 367 g/mol. The summed E-state index contributed by atoms with van der Waals surface area (Å²) >= 11 is 1.53. The van der Waals surface area contributed by atoms with Crippen LogP contribution in [0.1, 0.15) is 27.6 Å². The van der Waals surface area contributed by atoms with Crippen molar-refractivity contribution >= 4 is 23.5 Å². The number of thioether (sulfide) groups is 1. The van der Waals surface area contributed by atoms with E-state index >= 15 is 0 Å². The molecule has 2 heterocycles. The fourth-order valence-electron chi connectivity index (χ4n) is 3.23. The van der Waals surface area contributed by atoms with Gasteiger partial charge in [0.25, 0.3) is 0 Å². The lowest BCUT2D eigenvalue weighted by Crippen LogP contribution is -2.15. The zero-order valence-corrected chi connectivity index (χ0v) is 15.3. The number of halogens is 1. The number of nitrogens with zero attached hydrogens (tertiary/aromatic N) is 2. The first kappa shape index (κ1) is 16.8. The molecule has 1 amide bonds. The molecule has 0 aliphatic carbocycles. The summed E-state index contributed by atoms with van der Waals surface area (Å²) in [5, 5.41) is 7.61. The van der Waals surface area contributed by atoms with E-state index in [4.69, 9.17) is 0 Å². The van der Waals surface area contributed by atoms with Crippen LogP contribution >= 0.6 is 11.8 Å². The summed E-state index contributed by atoms with van der Waals surface area (Å²) in [6.07, 6.45) is 0. The van der Waals surface area contributed by atoms with Crippen molar-refractivity contribution in [3.63, 3.8) is 0 Å². The highest BCUT2D eigenvalue weighted by atomic mass is 32.2. The van der Waals surface area contributed by atoms with Crippen LogP contribution < -0.4 is 5.32 Å². The second-order valence-electron chi connectivity index (χ2n) is 6.39. The monoisotopic (exact) mass is 367 g/mol. The minimum atomic E-state index is -0.269. The van der Waals surface area contributed by atoms with Crippen molar-refractivity contribution in [1.82, 2.24) is 9.78 Å². The van der Waals surface area contributed by atoms with Crippen molar-refractivity contribution < 1.29 is 9.18 Å². The molecule has 0 saturated carbocycles. The molecule has 0 bridgehead atoms. The number of anilines is 1. The summed E-state index contributed by atoms with van der Waals surface area (Å²) < 4.78 is 15.1. The Morgan fingerprint density at radius 3 is 2.69 bits per heavy atom. The van der Waals surface area contributed by atoms with Gasteiger partial charge in [0.15, 0.2) is 0 Å². The van der Waals surface area contributed by atoms with Crippen LogP contribution in [0.2, 0.25) is 0 Å². The first-order valence-electron chi connectivity index (χ1n) is 8.36. The molecule has 0 unspecified atom stereocenters. The van der Waals surface area contributed by atoms with E-state index in [0.717, 1.165) is 28.1 Å². The van der Waals surface area contributed by atoms with Crippen LogP contribution in [0.3, 0.4) is 0 Å². The largest absolute Gasteiger partial charge is 0.310 e. The maximum Gasteiger partial charge on any atom is 0.235 e. The van der Waals surface area contributed by atoms with E-state index in [-0.39, 0.29) is 17.0 Å². The van der Waals surface area contributed by atoms with Crippen LogP contribution in [-0.4, -0.2) is 21.4 Å². The number of rotatable bonds is 2. The first-order valence-corrected chi connectivity index (χ1v) is 9.41. The number of amides is 1. The van der Waals surface area contributed by atoms with Gasteiger partial charge in [-0.1, -0.05) is 24.3 Å². The highest BCUT2D eigenvalue weighted by Gasteiger charge is 2.30. The van der Waals surface area contributed by atoms with Gasteiger partial charge in [0.1, 0.15) is 11.6 Å². The Hall–Kier alpha value is -2.60. The summed E-state index contributed by atoms with van der Waals surface area (Å²) in [4.78, 5) is 12.3. The van der Waals surface area contributed by atoms with Crippen molar-refractivity contribution in [2.75, 3.05) is 11.1 Å². The van der Waals surface area contributed by atoms with Gasteiger partial charge < -0.3 is 5.32 Å². The lowest BCUT2D eigenvalue weighted by Gasteiger charge is -2.15. The lowest BCUT2D eigenvalue weighted by molar-refractivity contribution is -0.113. The van der Waals surface area contributed by atoms with Gasteiger partial charge in [-0.05, 0) is 49.2 Å². The second kappa shape index (κ2) is 6.61. The highest BCUT2D eigenvalue weighted by Crippen LogP contribution is 2.43. The summed E-state index contributed by atoms with van der Waals surface area (Å²) in [5.41, 5.74) is 4.80. The van der Waals surface area contributed by atoms with E-state index in [1.54, 1.807) is 16.8 Å². The molecule has 1 aliphatic rings. The van der Waals surface area contributed by atoms with Gasteiger partial charge in [-0.3, -0.25) is 4.79 Å². The smallest absolute Gasteiger partial charge is 0.235 e. The molecule has 1 aliphatic heterocycles. The molecule has 0 fully saturated rings. The normalized spacial score (nSPS) is 16.7. The molecule has 132 valence electrons. The third-order valence-corrected chi connectivity index (χ3v) is 5.70. The third kappa shape index (κ3) is 3.01. The van der Waals surface area contributed by atoms with Crippen molar-refractivity contribution in [2.24, 2.45) is 0 Å². The number of carbonyl (C=O) groups is 1. The Balaban J connectivity index is 1.89. The van der Waals surface area contributed by atoms with Crippen molar-refractivity contribution in [2.45, 2.75) is 19.1 Å². The molecule has 6 heteroatoms. The van der Waals surface area contributed by atoms with Gasteiger partial charge in [0, 0.05) is 5.56 Å². The Morgan fingerprint density at radius 1 is 1.19 bits per heavy atom. The summed E-state index contributed by atoms with van der Waals surface area (Å²) in [6, 6.07) is 14.5. The van der Waals surface area contributed by atoms with E-state index in [1.165, 1.54) is 23.9 Å². The fraction of sp³-hybridized carbons (Fsp3) is 0.200. The van der Waals surface area contributed by atoms with E-state index in [2.05, 4.69) is 10.4 Å². The van der Waals surface area contributed by atoms with Gasteiger partial charge in [-0.2, -0.15) is 5.10 Å². The van der Waals surface area contributed by atoms with Crippen LogP contribution in [0, 0.1) is 19.7 Å². The topological polar surface area (TPSA) is 46.9 Å². The third-order valence-electron chi connectivity index (χ3n) is 4.43. The van der Waals surface area contributed by atoms with Gasteiger partial charge in [0.05, 0.1) is 22.4 Å². The number of benzene rings is 2. The van der Waals surface area contributed by atoms with Gasteiger partial charge in [-0.25, -0.2) is 9.07 Å². The average Bonchev–Trinajstić information content (AvgIpc) is 2.82. The minimum absolute atomic E-state index is 0.0605. The molecule has 0 saturated heterocycles. The lowest BCUT2D eigenvalue weighted by atomic mass is 10.0. The summed E-state index contributed by atoms with van der Waals surface area (Å²) in [6.45, 7) is 3.97. The zero-order valence-electron chi connectivity index (χ0n) is 14.5. The SMILES string of the molecule is Cc1cccc(-n2nc(C)c3c2NC(=O)CS[C@H]3c2ccc(F)cc2)c1. The molecule has 2 aromatic carbocycles. The minimum Gasteiger partial charge on any atom is -0.310 e. The van der Waals surface area contributed by atoms with E-state index in [0.29, 0.717) is 11.6 Å². The molecular formula is C20H18FN3OS. The second-order valence-corrected chi connectivity index (χ2v) is 7.48. The molecule has 0 spiro atoms. The number of aromatic nitrogens is 2. The Morgan fingerprint density at radius 2 is 1.96 bits per heavy atom. The molecule has 4 rings (SSSR count). The molecule has 3 aromatic rings. The number of aryl methyl sites for hydroxylation is 2. The molecule has 4 nitrogen and oxygen atoms in total. The molecule has 1 atom stereocenters. The first-order chi connectivity index (χ1) is 12.5. The number of carbonyl (C=O) groups excluding carboxylic acids is 1. The van der Waals surface area contributed by atoms with E-state index in [1.807, 2.05) is 38.1 Å². The van der Waals surface area contributed by atoms with Crippen LogP contribution in [0.25, 0.3) is 5.69 Å². The van der Waals surface area contributed by atoms with Crippen LogP contribution in [0.15, 0.2) is 48.5 Å². The number of hydrogen-bond donors (Lipinski definition) is 1. The molecule has 1 N–H and O–H groups in total. The van der Waals surface area contributed by atoms with Gasteiger partial charge in [-0.15, -0.1) is 11.8 Å². The molecule has 0 radical (unpaired) electrons. The quantitative estimate of drug-likeness (QED) is 0.730. The number of fused-ring (bicyclic) bond motifs is 1. The predicted molar refractivity (Wildman–Crippen MR) is 102 cm³/mol. The van der Waals surface area contributed by atoms with Crippen LogP contribution in [0.4, 0.5) is 10.2 Å². The van der Waals surface area contributed by atoms with Gasteiger partial charge >= 0.3 is 0 Å². The number of nitrogens with one attached hydrogen (secondary N) is 1. The predicted octanol–water partition coefficient (Wildman–Crippen LogP) is 4.40. The summed E-state index contributed by atoms with van der Waals surface area (Å²) in [7, 11) is 0. The molecular weight excluding hydrogens is 349 g/mol. The highest BCUT2D eigenvalue weighted by molar-refractivity contribution is 8.00. The Labute approximate surface area is 155 Å². The standard InChI is InChI=1S/C20H18FN3OS/c1-12-4-3-5-16(10-12)24-20-18(13(2)23-24)19(26-11-17(25)22-20)14-6-8-15(21)9-7-14/h3-10,19H,11H2,1-2H3,(H,22,25)/t19-/m0/s1. The Bertz CT molecular complexity index is 981. The van der Waals surface area contributed by atoms with Crippen molar-refractivity contribution in [1.29, 1.82) is 0 Å². The van der Waals surface area contributed by atoms with Crippen LogP contribution in [0.5, 0.6) is 0 Å². The molecule has 26 heavy (non-hydrogen) atoms. The van der Waals surface area contributed by atoms with Gasteiger partial charge in [0.2, 0.25) is 5.91 Å². The molecule has 1 aromatic heterocycles. The number of hydrogen-bond acceptors (Lipinski definition) is 3. The van der Waals surface area contributed by atoms with Crippen LogP contribution in [-0.2, 0) is 4.79 Å².